The van der Waals surface area contributed by atoms with Gasteiger partial charge in [-0.1, -0.05) is 29.4 Å². The third-order valence-corrected chi connectivity index (χ3v) is 11.5. The first-order valence-electron chi connectivity index (χ1n) is 20.9. The number of nitrogens with one attached hydrogen (secondary N) is 2. The number of aromatic nitrogens is 6. The fourth-order valence-electron chi connectivity index (χ4n) is 6.92. The Labute approximate surface area is 395 Å². The van der Waals surface area contributed by atoms with Crippen molar-refractivity contribution in [3.05, 3.63) is 75.7 Å². The maximum Gasteiger partial charge on any atom is 0.472 e. The molecule has 2 aliphatic heterocycles. The second-order valence-electron chi connectivity index (χ2n) is 16.3. The molecule has 5 heterocycles. The van der Waals surface area contributed by atoms with Crippen LogP contribution < -0.4 is 27.8 Å². The first-order valence-corrected chi connectivity index (χ1v) is 23.9. The van der Waals surface area contributed by atoms with Crippen LogP contribution in [0.15, 0.2) is 59.1 Å². The predicted octanol–water partition coefficient (Wildman–Crippen LogP) is 1.86. The van der Waals surface area contributed by atoms with Gasteiger partial charge in [-0.15, -0.1) is 0 Å². The van der Waals surface area contributed by atoms with Crippen LogP contribution in [0.4, 0.5) is 26.9 Å². The number of alkyl carbamates (subject to hydrolysis) is 2. The minimum Gasteiger partial charge on any atom is -0.455 e. The number of nitrogen functional groups attached to an aromatic ring is 2. The summed E-state index contributed by atoms with van der Waals surface area (Å²) in [5.41, 5.74) is 19.3. The number of carbonyl (C=O) groups is 3. The molecule has 10 N–H and O–H groups in total. The second-order valence-corrected chi connectivity index (χ2v) is 19.0. The van der Waals surface area contributed by atoms with E-state index in [0.717, 1.165) is 10.9 Å². The number of esters is 1. The van der Waals surface area contributed by atoms with E-state index in [0.29, 0.717) is 11.3 Å². The highest BCUT2D eigenvalue weighted by Crippen LogP contribution is 2.50. The summed E-state index contributed by atoms with van der Waals surface area (Å²) < 4.78 is 70.7. The minimum absolute atomic E-state index is 0.0328. The van der Waals surface area contributed by atoms with Gasteiger partial charge in [0.05, 0.1) is 19.5 Å². The summed E-state index contributed by atoms with van der Waals surface area (Å²) in [5.74, 6) is -1.32. The van der Waals surface area contributed by atoms with Gasteiger partial charge in [-0.3, -0.25) is 22.7 Å². The van der Waals surface area contributed by atoms with Crippen molar-refractivity contribution in [1.29, 1.82) is 0 Å². The number of hydrogen-bond acceptors (Lipinski definition) is 22. The lowest BCUT2D eigenvalue weighted by Gasteiger charge is -2.26. The van der Waals surface area contributed by atoms with Gasteiger partial charge in [0.25, 0.3) is 0 Å². The first-order chi connectivity index (χ1) is 33.0. The summed E-state index contributed by atoms with van der Waals surface area (Å²) in [4.78, 5) is 100. The van der Waals surface area contributed by atoms with Gasteiger partial charge in [0.15, 0.2) is 23.8 Å². The molecular weight excluding hydrogens is 976 g/mol. The molecule has 31 nitrogen and oxygen atoms in total. The molecular formula is C37H49N13O18P2. The molecule has 0 radical (unpaired) electrons. The largest absolute Gasteiger partial charge is 0.472 e. The van der Waals surface area contributed by atoms with Crippen molar-refractivity contribution < 1.29 is 80.6 Å². The van der Waals surface area contributed by atoms with Gasteiger partial charge < -0.3 is 65.6 Å². The third-order valence-electron chi connectivity index (χ3n) is 10.0. The first kappa shape index (κ1) is 53.0. The van der Waals surface area contributed by atoms with Crippen LogP contribution in [0.1, 0.15) is 58.1 Å². The summed E-state index contributed by atoms with van der Waals surface area (Å²) in [6.45, 7) is 2.70. The Balaban J connectivity index is 1.17. The average Bonchev–Trinajstić information content (AvgIpc) is 3.97. The predicted molar refractivity (Wildman–Crippen MR) is 235 cm³/mol. The van der Waals surface area contributed by atoms with Gasteiger partial charge in [0.2, 0.25) is 0 Å². The number of nitrogens with zero attached hydrogens (tertiary/aromatic N) is 9. The van der Waals surface area contributed by atoms with Crippen molar-refractivity contribution in [2.45, 2.75) is 101 Å². The lowest BCUT2D eigenvalue weighted by molar-refractivity contribution is -0.159. The fraction of sp³-hybridized carbons (Fsp3) is 0.514. The maximum atomic E-state index is 14.0. The van der Waals surface area contributed by atoms with Crippen LogP contribution in [0, 0.1) is 0 Å². The molecule has 70 heavy (non-hydrogen) atoms. The molecule has 0 bridgehead atoms. The standard InChI is InChI=1S/C37H49N13O18P2/c1-37(2,3)67-36(55)45-21(5-4-11-41-35(54)61-14-19-6-8-20(9-7-19)47-48-40)33(52)66-29-24(65-32(28(29)51)50-18-44-27-30(39)42-17-43-31(27)50)16-63-70(59,60)68-22-13-26(49-12-10-25(38)46-34(49)53)64-23(22)15-62-69(56,57)58/h6-10,12,17-18,21-24,26,28-29,32,51H,4-5,11,13-16H2,1-3H3,(H,41,54)(H,45,55)(H,59,60)(H2,38,46,53)(H2,39,42,43)(H2,56,57,58)/t21-,22+,23-,24+,26-,28-,29-,32-/m1/s1. The van der Waals surface area contributed by atoms with E-state index in [2.05, 4.69) is 45.1 Å². The van der Waals surface area contributed by atoms with Crippen molar-refractivity contribution in [3.63, 3.8) is 0 Å². The number of anilines is 2. The number of azide groups is 1. The lowest BCUT2D eigenvalue weighted by atomic mass is 10.1. The van der Waals surface area contributed by atoms with Crippen molar-refractivity contribution in [2.24, 2.45) is 5.11 Å². The zero-order valence-corrected chi connectivity index (χ0v) is 39.1. The van der Waals surface area contributed by atoms with Crippen LogP contribution in [0.25, 0.3) is 21.6 Å². The summed E-state index contributed by atoms with van der Waals surface area (Å²) >= 11 is 0. The fourth-order valence-corrected chi connectivity index (χ4v) is 8.23. The van der Waals surface area contributed by atoms with E-state index in [1.807, 2.05) is 0 Å². The number of aliphatic hydroxyl groups is 1. The smallest absolute Gasteiger partial charge is 0.455 e. The Morgan fingerprint density at radius 1 is 1.01 bits per heavy atom. The highest BCUT2D eigenvalue weighted by Gasteiger charge is 2.50. The van der Waals surface area contributed by atoms with E-state index in [9.17, 15) is 48.1 Å². The van der Waals surface area contributed by atoms with Crippen LogP contribution in [-0.2, 0) is 57.8 Å². The second kappa shape index (κ2) is 22.6. The summed E-state index contributed by atoms with van der Waals surface area (Å²) in [5, 5.41) is 20.2. The lowest BCUT2D eigenvalue weighted by Crippen LogP contribution is -2.48. The normalized spacial score (nSPS) is 22.6. The van der Waals surface area contributed by atoms with Crippen molar-refractivity contribution >= 4 is 62.3 Å². The summed E-state index contributed by atoms with van der Waals surface area (Å²) in [7, 11) is -10.4. The number of ether oxygens (including phenoxy) is 5. The van der Waals surface area contributed by atoms with Crippen LogP contribution in [-0.4, -0.2) is 129 Å². The molecule has 4 aromatic rings. The van der Waals surface area contributed by atoms with E-state index in [1.165, 1.54) is 35.3 Å². The Hall–Kier alpha value is -6.33. The number of phosphoric acid groups is 2. The molecule has 0 aliphatic carbocycles. The Morgan fingerprint density at radius 3 is 2.43 bits per heavy atom. The number of benzene rings is 1. The molecule has 33 heteroatoms. The molecule has 2 aliphatic rings. The highest BCUT2D eigenvalue weighted by molar-refractivity contribution is 7.47. The Kier molecular flexibility index (Phi) is 17.1. The molecule has 1 aromatic carbocycles. The van der Waals surface area contributed by atoms with Crippen LogP contribution in [0.5, 0.6) is 0 Å². The zero-order chi connectivity index (χ0) is 51.0. The zero-order valence-electron chi connectivity index (χ0n) is 37.3. The van der Waals surface area contributed by atoms with E-state index >= 15 is 0 Å². The van der Waals surface area contributed by atoms with Gasteiger partial charge in [0.1, 0.15) is 66.6 Å². The maximum absolute atomic E-state index is 14.0. The molecule has 380 valence electrons. The van der Waals surface area contributed by atoms with Crippen molar-refractivity contribution in [1.82, 2.24) is 39.7 Å². The third kappa shape index (κ3) is 14.6. The molecule has 9 atom stereocenters. The van der Waals surface area contributed by atoms with Crippen LogP contribution >= 0.6 is 15.6 Å². The van der Waals surface area contributed by atoms with E-state index < -0.39 is 107 Å². The van der Waals surface area contributed by atoms with Gasteiger partial charge in [-0.2, -0.15) is 4.98 Å². The van der Waals surface area contributed by atoms with Gasteiger partial charge in [0, 0.05) is 29.8 Å². The number of rotatable bonds is 20. The molecule has 1 unspecified atom stereocenters. The average molecular weight is 1030 g/mol. The van der Waals surface area contributed by atoms with Crippen LogP contribution in [0.2, 0.25) is 0 Å². The highest BCUT2D eigenvalue weighted by atomic mass is 31.2. The number of hydrogen-bond donors (Lipinski definition) is 8. The number of amides is 2. The van der Waals surface area contributed by atoms with E-state index in [4.69, 9.17) is 49.7 Å². The molecule has 2 amide bonds. The van der Waals surface area contributed by atoms with Crippen LogP contribution in [0.3, 0.4) is 0 Å². The SMILES string of the molecule is CC(C)(C)OC(=O)N[C@H](CCCNC(=O)OCc1ccc(N=[N+]=[N-])cc1)C(=O)O[C@H]1[C@@H](O)[C@H](n2cnc3c(N)ncnc32)O[C@H]1COP(=O)(O)O[C@H]1C[C@H](n2ccc(N)nc2=O)O[C@@H]1COP(=O)(O)O. The minimum atomic E-state index is -5.30. The Bertz CT molecular complexity index is 2710. The Morgan fingerprint density at radius 2 is 1.74 bits per heavy atom. The molecule has 0 spiro atoms. The molecule has 0 saturated carbocycles. The van der Waals surface area contributed by atoms with Gasteiger partial charge in [-0.05, 0) is 50.8 Å². The summed E-state index contributed by atoms with van der Waals surface area (Å²) in [6, 6.07) is 6.02. The van der Waals surface area contributed by atoms with Crippen molar-refractivity contribution in [3.8, 4) is 0 Å². The molecule has 2 fully saturated rings. The molecule has 6 rings (SSSR count). The van der Waals surface area contributed by atoms with Gasteiger partial charge in [-0.25, -0.2) is 43.3 Å². The number of imidazole rings is 1. The number of nitrogens with two attached hydrogens (primary N) is 2. The number of phosphoric ester groups is 2. The van der Waals surface area contributed by atoms with Crippen molar-refractivity contribution in [2.75, 3.05) is 31.2 Å². The molecule has 2 saturated heterocycles. The van der Waals surface area contributed by atoms with Gasteiger partial charge >= 0.3 is 39.5 Å². The van der Waals surface area contributed by atoms with E-state index in [1.54, 1.807) is 32.9 Å². The number of carbonyl (C=O) groups excluding carboxylic acids is 3. The number of aliphatic hydroxyl groups excluding tert-OH is 1. The quantitative estimate of drug-likeness (QED) is 0.0119. The monoisotopic (exact) mass is 1030 g/mol. The number of fused-ring (bicyclic) bond motifs is 1. The molecule has 3 aromatic heterocycles. The summed E-state index contributed by atoms with van der Waals surface area (Å²) in [6.07, 6.45) is -9.82. The topological polar surface area (TPSA) is 443 Å². The van der Waals surface area contributed by atoms with E-state index in [-0.39, 0.29) is 55.2 Å².